The monoisotopic (exact) mass is 497 g/mol. The van der Waals surface area contributed by atoms with Gasteiger partial charge in [-0.2, -0.15) is 8.42 Å². The van der Waals surface area contributed by atoms with Crippen LogP contribution >= 0.6 is 0 Å². The number of carbonyl (C=O) groups is 4. The molecule has 12 nitrogen and oxygen atoms in total. The fourth-order valence-electron chi connectivity index (χ4n) is 2.30. The van der Waals surface area contributed by atoms with Gasteiger partial charge in [0.1, 0.15) is 11.8 Å². The summed E-state index contributed by atoms with van der Waals surface area (Å²) in [6.45, 7) is 1.39. The van der Waals surface area contributed by atoms with Gasteiger partial charge in [0.05, 0.1) is 19.6 Å². The fourth-order valence-corrected chi connectivity index (χ4v) is 3.04. The van der Waals surface area contributed by atoms with E-state index >= 15 is 0 Å². The number of carbonyl (C=O) groups excluding carboxylic acids is 3. The Morgan fingerprint density at radius 2 is 1.84 bits per heavy atom. The number of benzene rings is 1. The Hall–Kier alpha value is -1.81. The molecule has 0 saturated heterocycles. The van der Waals surface area contributed by atoms with Crippen LogP contribution in [0.3, 0.4) is 0 Å². The number of ether oxygens (including phenoxy) is 1. The normalized spacial score (nSPS) is 15.6. The number of amides is 2. The zero-order valence-corrected chi connectivity index (χ0v) is 17.5. The van der Waals surface area contributed by atoms with Gasteiger partial charge in [-0.05, 0) is 12.5 Å². The summed E-state index contributed by atoms with van der Waals surface area (Å²) in [6.07, 6.45) is 0.783. The van der Waals surface area contributed by atoms with Gasteiger partial charge in [0.2, 0.25) is 5.91 Å². The zero-order chi connectivity index (χ0) is 23.6. The van der Waals surface area contributed by atoms with E-state index in [4.69, 9.17) is 10.8 Å². The van der Waals surface area contributed by atoms with Gasteiger partial charge in [-0.1, -0.05) is 30.3 Å². The van der Waals surface area contributed by atoms with Crippen LogP contribution in [0.5, 0.6) is 0 Å². The van der Waals surface area contributed by atoms with Gasteiger partial charge >= 0.3 is 73.6 Å². The summed E-state index contributed by atoms with van der Waals surface area (Å²) in [5, 5.41) is 11.0. The second kappa shape index (κ2) is 14.4. The third-order valence-electron chi connectivity index (χ3n) is 3.62. The number of carboxylic acids is 1. The number of rotatable bonds is 7. The Kier molecular flexibility index (Phi) is 13.5. The first-order chi connectivity index (χ1) is 14.4. The molecule has 0 aromatic heterocycles. The minimum atomic E-state index is -3.85. The van der Waals surface area contributed by atoms with E-state index in [-0.39, 0.29) is 63.6 Å². The van der Waals surface area contributed by atoms with Gasteiger partial charge in [0.25, 0.3) is 5.91 Å². The summed E-state index contributed by atoms with van der Waals surface area (Å²) in [5.74, 6) is -3.11. The van der Waals surface area contributed by atoms with Crippen LogP contribution < -0.4 is 15.8 Å². The van der Waals surface area contributed by atoms with Crippen molar-refractivity contribution in [1.82, 2.24) is 10.0 Å². The molecule has 32 heavy (non-hydrogen) atoms. The van der Waals surface area contributed by atoms with Crippen molar-refractivity contribution in [2.45, 2.75) is 31.8 Å². The van der Waals surface area contributed by atoms with Crippen LogP contribution in [0, 0.1) is 0 Å². The molecule has 0 aliphatic carbocycles. The predicted molar refractivity (Wildman–Crippen MR) is 113 cm³/mol. The topological polar surface area (TPSA) is 191 Å². The molecule has 2 amide bonds. The Labute approximate surface area is 227 Å². The summed E-state index contributed by atoms with van der Waals surface area (Å²) < 4.78 is 31.5. The molecule has 0 spiro atoms. The quantitative estimate of drug-likeness (QED) is 0.250. The number of allylic oxidation sites excluding steroid dienone is 1. The van der Waals surface area contributed by atoms with E-state index in [0.717, 1.165) is 11.6 Å². The standard InChI is InChI=1S/C14H18N2O5.C4H5NO4S.K.H/c1-21-14(20)11(7-9-5-3-2-4-6-9)16-13(19)10(15)8-12(17)18;1-3-2-4(6)5-10(7,8)9-3;;/h2-6,10-11H,7-8,15H2,1H3,(H,16,19)(H,17,18);2H,1H3,(H,5,6);;/t10-,11-;;;/m0.../s1. The number of carboxylic acid groups (broad SMARTS) is 1. The SMILES string of the molecule is CC1=CC(=O)NS(=O)(=O)O1.COC(=O)[C@H](Cc1ccccc1)NC(=O)[C@@H](N)CC(=O)O.[KH]. The molecule has 14 heteroatoms. The van der Waals surface area contributed by atoms with Crippen molar-refractivity contribution >= 4 is 85.4 Å². The first kappa shape index (κ1) is 30.2. The fraction of sp³-hybridized carbons (Fsp3) is 0.333. The molecule has 1 aromatic carbocycles. The molecule has 0 fully saturated rings. The van der Waals surface area contributed by atoms with Crippen LogP contribution in [0.1, 0.15) is 18.9 Å². The molecule has 1 aliphatic rings. The van der Waals surface area contributed by atoms with E-state index in [0.29, 0.717) is 0 Å². The molecule has 0 unspecified atom stereocenters. The van der Waals surface area contributed by atoms with Gasteiger partial charge in [-0.15, -0.1) is 0 Å². The second-order valence-corrected chi connectivity index (χ2v) is 7.52. The Morgan fingerprint density at radius 3 is 2.31 bits per heavy atom. The summed E-state index contributed by atoms with van der Waals surface area (Å²) in [7, 11) is -2.64. The van der Waals surface area contributed by atoms with Crippen molar-refractivity contribution in [3.8, 4) is 0 Å². The van der Waals surface area contributed by atoms with E-state index in [1.807, 2.05) is 18.2 Å². The average molecular weight is 498 g/mol. The molecule has 1 aliphatic heterocycles. The molecule has 0 radical (unpaired) electrons. The Morgan fingerprint density at radius 1 is 1.25 bits per heavy atom. The summed E-state index contributed by atoms with van der Waals surface area (Å²) in [4.78, 5) is 44.5. The third-order valence-corrected chi connectivity index (χ3v) is 4.55. The summed E-state index contributed by atoms with van der Waals surface area (Å²) >= 11 is 0. The van der Waals surface area contributed by atoms with E-state index in [1.54, 1.807) is 16.9 Å². The number of hydrogen-bond donors (Lipinski definition) is 4. The number of methoxy groups -OCH3 is 1. The molecular weight excluding hydrogens is 473 g/mol. The zero-order valence-electron chi connectivity index (χ0n) is 16.7. The van der Waals surface area contributed by atoms with Crippen molar-refractivity contribution in [3.05, 3.63) is 47.7 Å². The Balaban J connectivity index is 0.000000733. The second-order valence-electron chi connectivity index (χ2n) is 6.24. The van der Waals surface area contributed by atoms with E-state index < -0.39 is 52.6 Å². The van der Waals surface area contributed by atoms with Crippen molar-refractivity contribution in [3.63, 3.8) is 0 Å². The van der Waals surface area contributed by atoms with E-state index in [2.05, 4.69) is 14.2 Å². The van der Waals surface area contributed by atoms with Crippen molar-refractivity contribution in [2.75, 3.05) is 7.11 Å². The van der Waals surface area contributed by atoms with Crippen LogP contribution in [-0.4, -0.2) is 108 Å². The van der Waals surface area contributed by atoms with Crippen LogP contribution in [-0.2, 0) is 44.8 Å². The van der Waals surface area contributed by atoms with Gasteiger partial charge < -0.3 is 25.1 Å². The molecule has 1 aromatic rings. The van der Waals surface area contributed by atoms with Crippen molar-refractivity contribution in [2.24, 2.45) is 5.73 Å². The number of aliphatic carboxylic acids is 1. The maximum absolute atomic E-state index is 11.8. The minimum absolute atomic E-state index is 0. The summed E-state index contributed by atoms with van der Waals surface area (Å²) in [5.41, 5.74) is 6.29. The van der Waals surface area contributed by atoms with Gasteiger partial charge in [0, 0.05) is 12.5 Å². The molecule has 0 saturated carbocycles. The predicted octanol–water partition coefficient (Wildman–Crippen LogP) is -1.68. The average Bonchev–Trinajstić information content (AvgIpc) is 2.65. The first-order valence-electron chi connectivity index (χ1n) is 8.77. The number of hydrogen-bond acceptors (Lipinski definition) is 9. The Bertz CT molecular complexity index is 952. The summed E-state index contributed by atoms with van der Waals surface area (Å²) in [6, 6.07) is 6.93. The van der Waals surface area contributed by atoms with Crippen molar-refractivity contribution < 1.29 is 41.6 Å². The third kappa shape index (κ3) is 11.7. The molecular formula is C18H24KN3O9S. The van der Waals surface area contributed by atoms with Crippen LogP contribution in [0.4, 0.5) is 0 Å². The molecule has 0 bridgehead atoms. The molecule has 2 rings (SSSR count). The molecule has 172 valence electrons. The molecule has 2 atom stereocenters. The number of nitrogens with one attached hydrogen (secondary N) is 2. The van der Waals surface area contributed by atoms with Gasteiger partial charge in [-0.3, -0.25) is 14.4 Å². The first-order valence-corrected chi connectivity index (χ1v) is 10.2. The number of nitrogens with two attached hydrogens (primary N) is 1. The van der Waals surface area contributed by atoms with Gasteiger partial charge in [0.15, 0.2) is 0 Å². The van der Waals surface area contributed by atoms with Crippen LogP contribution in [0.25, 0.3) is 0 Å². The van der Waals surface area contributed by atoms with Crippen LogP contribution in [0.2, 0.25) is 0 Å². The van der Waals surface area contributed by atoms with E-state index in [9.17, 15) is 27.6 Å². The molecule has 5 N–H and O–H groups in total. The van der Waals surface area contributed by atoms with Crippen LogP contribution in [0.15, 0.2) is 42.2 Å². The van der Waals surface area contributed by atoms with Crippen molar-refractivity contribution in [1.29, 1.82) is 0 Å². The maximum atomic E-state index is 11.8. The number of esters is 1. The molecule has 1 heterocycles. The van der Waals surface area contributed by atoms with Gasteiger partial charge in [-0.25, -0.2) is 9.52 Å². The van der Waals surface area contributed by atoms with E-state index in [1.165, 1.54) is 14.0 Å².